The van der Waals surface area contributed by atoms with Crippen molar-refractivity contribution in [3.05, 3.63) is 0 Å². The van der Waals surface area contributed by atoms with Gasteiger partial charge in [-0.15, -0.1) is 0 Å². The number of piperidine rings is 2. The van der Waals surface area contributed by atoms with E-state index < -0.39 is 0 Å². The lowest BCUT2D eigenvalue weighted by Crippen LogP contribution is -2.58. The molecule has 2 aliphatic heterocycles. The molecule has 2 fully saturated rings. The first kappa shape index (κ1) is 13.3. The van der Waals surface area contributed by atoms with Gasteiger partial charge in [-0.05, 0) is 72.6 Å². The summed E-state index contributed by atoms with van der Waals surface area (Å²) in [5.74, 6) is 0. The Balaban J connectivity index is 2.06. The van der Waals surface area contributed by atoms with E-state index in [0.29, 0.717) is 5.54 Å². The van der Waals surface area contributed by atoms with Crippen LogP contribution in [-0.2, 0) is 0 Å². The van der Waals surface area contributed by atoms with Gasteiger partial charge in [0.25, 0.3) is 0 Å². The summed E-state index contributed by atoms with van der Waals surface area (Å²) in [5.41, 5.74) is 0.310. The second-order valence-corrected chi connectivity index (χ2v) is 6.54. The molecular weight excluding hydrogens is 210 g/mol. The maximum atomic E-state index is 3.48. The zero-order valence-corrected chi connectivity index (χ0v) is 11.8. The Kier molecular flexibility index (Phi) is 4.45. The van der Waals surface area contributed by atoms with Crippen molar-refractivity contribution in [1.82, 2.24) is 15.5 Å². The number of nitrogens with zero attached hydrogens (tertiary/aromatic N) is 1. The van der Waals surface area contributed by atoms with Gasteiger partial charge in [-0.1, -0.05) is 0 Å². The third-order valence-corrected chi connectivity index (χ3v) is 4.18. The summed E-state index contributed by atoms with van der Waals surface area (Å²) >= 11 is 0. The van der Waals surface area contributed by atoms with E-state index in [1.807, 2.05) is 0 Å². The standard InChI is InChI=1S/C14H29N3/c1-14(2,3)17(12-4-8-15-9-5-12)13-6-10-16-11-7-13/h12-13,15-16H,4-11H2,1-3H3. The van der Waals surface area contributed by atoms with Gasteiger partial charge in [0, 0.05) is 17.6 Å². The Bertz CT molecular complexity index is 204. The Morgan fingerprint density at radius 1 is 0.765 bits per heavy atom. The molecule has 2 rings (SSSR count). The molecule has 17 heavy (non-hydrogen) atoms. The van der Waals surface area contributed by atoms with E-state index in [4.69, 9.17) is 0 Å². The molecule has 0 aliphatic carbocycles. The first-order valence-corrected chi connectivity index (χ1v) is 7.29. The molecule has 0 radical (unpaired) electrons. The first-order valence-electron chi connectivity index (χ1n) is 7.29. The smallest absolute Gasteiger partial charge is 0.0130 e. The molecule has 0 spiro atoms. The van der Waals surface area contributed by atoms with Crippen molar-refractivity contribution in [2.24, 2.45) is 0 Å². The SMILES string of the molecule is CC(C)(C)N(C1CCNCC1)C1CCNCC1. The molecule has 0 unspecified atom stereocenters. The molecule has 0 atom stereocenters. The Morgan fingerprint density at radius 3 is 1.41 bits per heavy atom. The van der Waals surface area contributed by atoms with Gasteiger partial charge >= 0.3 is 0 Å². The van der Waals surface area contributed by atoms with Crippen LogP contribution in [0.5, 0.6) is 0 Å². The Labute approximate surface area is 106 Å². The van der Waals surface area contributed by atoms with Crippen LogP contribution in [0.15, 0.2) is 0 Å². The number of hydrogen-bond acceptors (Lipinski definition) is 3. The molecule has 0 amide bonds. The Morgan fingerprint density at radius 2 is 1.12 bits per heavy atom. The van der Waals surface area contributed by atoms with Crippen molar-refractivity contribution < 1.29 is 0 Å². The highest BCUT2D eigenvalue weighted by Gasteiger charge is 2.35. The first-order chi connectivity index (χ1) is 8.09. The summed E-state index contributed by atoms with van der Waals surface area (Å²) in [7, 11) is 0. The molecule has 0 saturated carbocycles. The van der Waals surface area contributed by atoms with Crippen molar-refractivity contribution in [2.45, 2.75) is 64.1 Å². The third-order valence-electron chi connectivity index (χ3n) is 4.18. The van der Waals surface area contributed by atoms with E-state index in [1.54, 1.807) is 0 Å². The van der Waals surface area contributed by atoms with Crippen molar-refractivity contribution in [1.29, 1.82) is 0 Å². The van der Waals surface area contributed by atoms with E-state index in [2.05, 4.69) is 36.3 Å². The maximum Gasteiger partial charge on any atom is 0.0130 e. The van der Waals surface area contributed by atoms with Gasteiger partial charge in [0.05, 0.1) is 0 Å². The lowest BCUT2D eigenvalue weighted by molar-refractivity contribution is 0.00733. The topological polar surface area (TPSA) is 27.3 Å². The molecule has 2 aliphatic rings. The molecular formula is C14H29N3. The minimum Gasteiger partial charge on any atom is -0.317 e. The maximum absolute atomic E-state index is 3.48. The average molecular weight is 239 g/mol. The molecule has 2 heterocycles. The van der Waals surface area contributed by atoms with Crippen molar-refractivity contribution in [2.75, 3.05) is 26.2 Å². The number of hydrogen-bond donors (Lipinski definition) is 2. The van der Waals surface area contributed by atoms with Crippen LogP contribution in [0, 0.1) is 0 Å². The van der Waals surface area contributed by atoms with Gasteiger partial charge in [0.2, 0.25) is 0 Å². The number of rotatable bonds is 2. The van der Waals surface area contributed by atoms with Gasteiger partial charge < -0.3 is 10.6 Å². The molecule has 0 aromatic carbocycles. The van der Waals surface area contributed by atoms with E-state index >= 15 is 0 Å². The highest BCUT2D eigenvalue weighted by molar-refractivity contribution is 4.92. The van der Waals surface area contributed by atoms with E-state index in [1.165, 1.54) is 51.9 Å². The van der Waals surface area contributed by atoms with E-state index in [9.17, 15) is 0 Å². The molecule has 0 bridgehead atoms. The molecule has 3 nitrogen and oxygen atoms in total. The summed E-state index contributed by atoms with van der Waals surface area (Å²) in [6.07, 6.45) is 5.28. The highest BCUT2D eigenvalue weighted by atomic mass is 15.3. The van der Waals surface area contributed by atoms with Crippen LogP contribution in [-0.4, -0.2) is 48.7 Å². The highest BCUT2D eigenvalue weighted by Crippen LogP contribution is 2.28. The van der Waals surface area contributed by atoms with Crippen LogP contribution in [0.4, 0.5) is 0 Å². The lowest BCUT2D eigenvalue weighted by Gasteiger charge is -2.49. The lowest BCUT2D eigenvalue weighted by atomic mass is 9.91. The fraction of sp³-hybridized carbons (Fsp3) is 1.00. The minimum absolute atomic E-state index is 0.310. The second-order valence-electron chi connectivity index (χ2n) is 6.54. The minimum atomic E-state index is 0.310. The van der Waals surface area contributed by atoms with Gasteiger partial charge in [0.15, 0.2) is 0 Å². The summed E-state index contributed by atoms with van der Waals surface area (Å²) in [5, 5.41) is 6.97. The molecule has 3 heteroatoms. The van der Waals surface area contributed by atoms with Gasteiger partial charge in [-0.25, -0.2) is 0 Å². The zero-order chi connectivity index (χ0) is 12.3. The van der Waals surface area contributed by atoms with Crippen LogP contribution in [0.3, 0.4) is 0 Å². The van der Waals surface area contributed by atoms with Gasteiger partial charge in [0.1, 0.15) is 0 Å². The summed E-state index contributed by atoms with van der Waals surface area (Å²) < 4.78 is 0. The molecule has 2 N–H and O–H groups in total. The molecule has 100 valence electrons. The fourth-order valence-corrected chi connectivity index (χ4v) is 3.56. The molecule has 0 aromatic heterocycles. The van der Waals surface area contributed by atoms with Crippen molar-refractivity contribution in [3.8, 4) is 0 Å². The second kappa shape index (κ2) is 5.68. The predicted molar refractivity (Wildman–Crippen MR) is 73.4 cm³/mol. The summed E-state index contributed by atoms with van der Waals surface area (Å²) in [6, 6.07) is 1.58. The normalized spacial score (nSPS) is 25.4. The number of nitrogens with one attached hydrogen (secondary N) is 2. The zero-order valence-electron chi connectivity index (χ0n) is 11.8. The third kappa shape index (κ3) is 3.43. The largest absolute Gasteiger partial charge is 0.317 e. The van der Waals surface area contributed by atoms with E-state index in [0.717, 1.165) is 12.1 Å². The van der Waals surface area contributed by atoms with Crippen LogP contribution < -0.4 is 10.6 Å². The fourth-order valence-electron chi connectivity index (χ4n) is 3.56. The van der Waals surface area contributed by atoms with Crippen LogP contribution >= 0.6 is 0 Å². The van der Waals surface area contributed by atoms with Gasteiger partial charge in [-0.2, -0.15) is 0 Å². The van der Waals surface area contributed by atoms with Crippen molar-refractivity contribution >= 4 is 0 Å². The van der Waals surface area contributed by atoms with Crippen LogP contribution in [0.2, 0.25) is 0 Å². The van der Waals surface area contributed by atoms with Crippen molar-refractivity contribution in [3.63, 3.8) is 0 Å². The van der Waals surface area contributed by atoms with Crippen LogP contribution in [0.25, 0.3) is 0 Å². The quantitative estimate of drug-likeness (QED) is 0.766. The predicted octanol–water partition coefficient (Wildman–Crippen LogP) is 1.59. The summed E-state index contributed by atoms with van der Waals surface area (Å²) in [6.45, 7) is 11.9. The van der Waals surface area contributed by atoms with E-state index in [-0.39, 0.29) is 0 Å². The monoisotopic (exact) mass is 239 g/mol. The molecule has 0 aromatic rings. The average Bonchev–Trinajstić information content (AvgIpc) is 2.30. The Hall–Kier alpha value is -0.120. The summed E-state index contributed by atoms with van der Waals surface area (Å²) in [4.78, 5) is 2.83. The van der Waals surface area contributed by atoms with Crippen LogP contribution in [0.1, 0.15) is 46.5 Å². The molecule has 2 saturated heterocycles. The van der Waals surface area contributed by atoms with Gasteiger partial charge in [-0.3, -0.25) is 4.90 Å².